The molecule has 2 unspecified atom stereocenters. The molecule has 1 heterocycles. The van der Waals surface area contributed by atoms with Crippen molar-refractivity contribution in [2.75, 3.05) is 11.9 Å². The highest BCUT2D eigenvalue weighted by Gasteiger charge is 2.57. The number of phenols is 1. The number of urea groups is 1. The van der Waals surface area contributed by atoms with Crippen molar-refractivity contribution >= 4 is 17.6 Å². The van der Waals surface area contributed by atoms with E-state index in [2.05, 4.69) is 42.4 Å². The number of piperidine rings is 1. The van der Waals surface area contributed by atoms with E-state index < -0.39 is 0 Å². The molecule has 2 aromatic rings. The topological polar surface area (TPSA) is 81.7 Å². The number of nitrogens with zero attached hydrogens (tertiary/aromatic N) is 1. The highest BCUT2D eigenvalue weighted by Crippen LogP contribution is 2.57. The quantitative estimate of drug-likeness (QED) is 0.613. The van der Waals surface area contributed by atoms with Crippen molar-refractivity contribution in [3.8, 4) is 5.75 Å². The van der Waals surface area contributed by atoms with Crippen LogP contribution in [0.25, 0.3) is 0 Å². The molecule has 1 saturated carbocycles. The number of likely N-dealkylation sites (tertiary alicyclic amines) is 1. The molecule has 2 bridgehead atoms. The summed E-state index contributed by atoms with van der Waals surface area (Å²) in [5.74, 6) is 0.466. The van der Waals surface area contributed by atoms with Gasteiger partial charge in [0.25, 0.3) is 0 Å². The highest BCUT2D eigenvalue weighted by molar-refractivity contribution is 5.89. The van der Waals surface area contributed by atoms with Gasteiger partial charge in [0.15, 0.2) is 0 Å². The van der Waals surface area contributed by atoms with Gasteiger partial charge in [0.05, 0.1) is 0 Å². The summed E-state index contributed by atoms with van der Waals surface area (Å²) in [7, 11) is 0. The second kappa shape index (κ2) is 8.33. The molecule has 0 spiro atoms. The molecule has 4 atom stereocenters. The van der Waals surface area contributed by atoms with Crippen LogP contribution in [-0.4, -0.2) is 40.6 Å². The van der Waals surface area contributed by atoms with E-state index in [1.165, 1.54) is 5.56 Å². The Morgan fingerprint density at radius 2 is 1.79 bits per heavy atom. The van der Waals surface area contributed by atoms with Gasteiger partial charge in [-0.05, 0) is 66.8 Å². The van der Waals surface area contributed by atoms with E-state index in [1.807, 2.05) is 36.4 Å². The average molecular weight is 462 g/mol. The fraction of sp³-hybridized carbons (Fsp3) is 0.500. The Morgan fingerprint density at radius 1 is 1.03 bits per heavy atom. The molecule has 3 N–H and O–H groups in total. The van der Waals surface area contributed by atoms with E-state index in [9.17, 15) is 14.7 Å². The SMILES string of the molecule is CC1(C)C2Cc3c(O)cccc3[C@]1(C)CCN2C(=O)C1CC[C@@H](NC(=O)Nc2ccccc2)C1. The average Bonchev–Trinajstić information content (AvgIpc) is 3.25. The van der Waals surface area contributed by atoms with Crippen LogP contribution in [0.2, 0.25) is 0 Å². The molecule has 6 heteroatoms. The number of carbonyl (C=O) groups excluding carboxylic acids is 2. The van der Waals surface area contributed by atoms with Crippen molar-refractivity contribution in [3.05, 3.63) is 59.7 Å². The van der Waals surface area contributed by atoms with E-state index in [-0.39, 0.29) is 40.8 Å². The second-order valence-corrected chi connectivity index (χ2v) is 11.0. The maximum atomic E-state index is 13.7. The Bertz CT molecular complexity index is 1100. The number of amides is 3. The van der Waals surface area contributed by atoms with Crippen molar-refractivity contribution in [2.24, 2.45) is 11.3 Å². The molecule has 3 aliphatic rings. The molecule has 0 radical (unpaired) electrons. The smallest absolute Gasteiger partial charge is 0.319 e. The van der Waals surface area contributed by atoms with E-state index in [0.717, 1.165) is 37.1 Å². The van der Waals surface area contributed by atoms with Gasteiger partial charge in [-0.3, -0.25) is 4.79 Å². The highest BCUT2D eigenvalue weighted by atomic mass is 16.3. The third-order valence-corrected chi connectivity index (χ3v) is 9.06. The maximum absolute atomic E-state index is 13.7. The molecule has 0 aromatic heterocycles. The molecule has 180 valence electrons. The summed E-state index contributed by atoms with van der Waals surface area (Å²) in [6.45, 7) is 7.58. The minimum atomic E-state index is -0.224. The fourth-order valence-electron chi connectivity index (χ4n) is 6.64. The molecule has 34 heavy (non-hydrogen) atoms. The van der Waals surface area contributed by atoms with Crippen LogP contribution in [0, 0.1) is 11.3 Å². The Morgan fingerprint density at radius 3 is 2.56 bits per heavy atom. The van der Waals surface area contributed by atoms with Gasteiger partial charge >= 0.3 is 6.03 Å². The monoisotopic (exact) mass is 461 g/mol. The van der Waals surface area contributed by atoms with Crippen molar-refractivity contribution in [3.63, 3.8) is 0 Å². The van der Waals surface area contributed by atoms with E-state index >= 15 is 0 Å². The minimum Gasteiger partial charge on any atom is -0.508 e. The van der Waals surface area contributed by atoms with Crippen LogP contribution in [0.1, 0.15) is 57.6 Å². The van der Waals surface area contributed by atoms with Gasteiger partial charge in [0.2, 0.25) is 5.91 Å². The molecule has 2 aliphatic carbocycles. The molecule has 3 amide bonds. The normalized spacial score (nSPS) is 29.3. The van der Waals surface area contributed by atoms with Crippen LogP contribution < -0.4 is 10.6 Å². The van der Waals surface area contributed by atoms with Crippen LogP contribution in [0.3, 0.4) is 0 Å². The number of benzene rings is 2. The van der Waals surface area contributed by atoms with Crippen molar-refractivity contribution in [2.45, 2.75) is 70.4 Å². The number of hydrogen-bond acceptors (Lipinski definition) is 3. The first-order valence-corrected chi connectivity index (χ1v) is 12.4. The fourth-order valence-corrected chi connectivity index (χ4v) is 6.64. The Kier molecular flexibility index (Phi) is 5.58. The largest absolute Gasteiger partial charge is 0.508 e. The van der Waals surface area contributed by atoms with Gasteiger partial charge in [-0.1, -0.05) is 51.1 Å². The van der Waals surface area contributed by atoms with Gasteiger partial charge in [-0.15, -0.1) is 0 Å². The van der Waals surface area contributed by atoms with Crippen LogP contribution >= 0.6 is 0 Å². The molecule has 1 saturated heterocycles. The summed E-state index contributed by atoms with van der Waals surface area (Å²) in [5, 5.41) is 16.5. The number of hydrogen-bond donors (Lipinski definition) is 3. The number of rotatable bonds is 3. The summed E-state index contributed by atoms with van der Waals surface area (Å²) in [6, 6.07) is 15.1. The zero-order valence-corrected chi connectivity index (χ0v) is 20.3. The van der Waals surface area contributed by atoms with Gasteiger partial charge in [-0.2, -0.15) is 0 Å². The lowest BCUT2D eigenvalue weighted by Gasteiger charge is -2.61. The Labute approximate surface area is 201 Å². The lowest BCUT2D eigenvalue weighted by Crippen LogP contribution is -2.65. The zero-order valence-electron chi connectivity index (χ0n) is 20.3. The van der Waals surface area contributed by atoms with Gasteiger partial charge in [-0.25, -0.2) is 4.79 Å². The van der Waals surface area contributed by atoms with Crippen LogP contribution in [-0.2, 0) is 16.6 Å². The molecular weight excluding hydrogens is 426 g/mol. The molecule has 2 aromatic carbocycles. The zero-order chi connectivity index (χ0) is 24.1. The predicted octanol–water partition coefficient (Wildman–Crippen LogP) is 4.82. The molecule has 2 fully saturated rings. The number of aromatic hydroxyl groups is 1. The number of carbonyl (C=O) groups is 2. The number of anilines is 1. The molecule has 1 aliphatic heterocycles. The maximum Gasteiger partial charge on any atom is 0.319 e. The van der Waals surface area contributed by atoms with Gasteiger partial charge in [0, 0.05) is 35.6 Å². The predicted molar refractivity (Wildman–Crippen MR) is 133 cm³/mol. The summed E-state index contributed by atoms with van der Waals surface area (Å²) in [4.78, 5) is 28.3. The lowest BCUT2D eigenvalue weighted by molar-refractivity contribution is -0.148. The summed E-state index contributed by atoms with van der Waals surface area (Å²) in [5.41, 5.74) is 2.79. The number of phenolic OH excluding ortho intramolecular Hbond substituents is 1. The first kappa shape index (κ1) is 22.8. The molecule has 5 rings (SSSR count). The first-order valence-electron chi connectivity index (χ1n) is 12.4. The third-order valence-electron chi connectivity index (χ3n) is 9.06. The van der Waals surface area contributed by atoms with Crippen molar-refractivity contribution < 1.29 is 14.7 Å². The number of para-hydroxylation sites is 1. The summed E-state index contributed by atoms with van der Waals surface area (Å²) >= 11 is 0. The lowest BCUT2D eigenvalue weighted by atomic mass is 9.51. The van der Waals surface area contributed by atoms with Crippen LogP contribution in [0.5, 0.6) is 5.75 Å². The summed E-state index contributed by atoms with van der Waals surface area (Å²) < 4.78 is 0. The first-order chi connectivity index (χ1) is 16.2. The Balaban J connectivity index is 1.28. The van der Waals surface area contributed by atoms with Crippen LogP contribution in [0.4, 0.5) is 10.5 Å². The molecular formula is C28H35N3O3. The number of nitrogens with one attached hydrogen (secondary N) is 2. The molecule has 6 nitrogen and oxygen atoms in total. The summed E-state index contributed by atoms with van der Waals surface area (Å²) in [6.07, 6.45) is 3.83. The third kappa shape index (κ3) is 3.64. The Hall–Kier alpha value is -3.02. The standard InChI is InChI=1S/C28H35N3O3/c1-27(2)24-17-21-22(10-7-11-23(21)32)28(27,3)14-15-31(24)25(33)18-12-13-20(16-18)30-26(34)29-19-8-5-4-6-9-19/h4-11,18,20,24,32H,12-17H2,1-3H3,(H2,29,30,34)/t18?,20-,24?,28+/m1/s1. The second-order valence-electron chi connectivity index (χ2n) is 11.0. The van der Waals surface area contributed by atoms with E-state index in [4.69, 9.17) is 0 Å². The van der Waals surface area contributed by atoms with E-state index in [1.54, 1.807) is 6.07 Å². The van der Waals surface area contributed by atoms with E-state index in [0.29, 0.717) is 18.6 Å². The van der Waals surface area contributed by atoms with Gasteiger partial charge < -0.3 is 20.6 Å². The van der Waals surface area contributed by atoms with Crippen molar-refractivity contribution in [1.82, 2.24) is 10.2 Å². The van der Waals surface area contributed by atoms with Crippen molar-refractivity contribution in [1.29, 1.82) is 0 Å². The number of fused-ring (bicyclic) bond motifs is 4. The van der Waals surface area contributed by atoms with Crippen LogP contribution in [0.15, 0.2) is 48.5 Å². The van der Waals surface area contributed by atoms with Gasteiger partial charge in [0.1, 0.15) is 5.75 Å². The minimum absolute atomic E-state index is 0.00291.